The Hall–Kier alpha value is -3.40. The van der Waals surface area contributed by atoms with Crippen LogP contribution in [0.25, 0.3) is 46.4 Å². The van der Waals surface area contributed by atoms with Gasteiger partial charge in [0.25, 0.3) is 0 Å². The molecule has 5 heterocycles. The van der Waals surface area contributed by atoms with E-state index in [1.165, 1.54) is 23.9 Å². The maximum atomic E-state index is 4.74. The van der Waals surface area contributed by atoms with Gasteiger partial charge in [0.05, 0.1) is 22.8 Å². The van der Waals surface area contributed by atoms with Crippen molar-refractivity contribution >= 4 is 46.4 Å². The van der Waals surface area contributed by atoms with Crippen molar-refractivity contribution in [2.24, 2.45) is 0 Å². The quantitative estimate of drug-likeness (QED) is 0.417. The van der Waals surface area contributed by atoms with Crippen LogP contribution in [0.5, 0.6) is 0 Å². The van der Waals surface area contributed by atoms with E-state index in [0.717, 1.165) is 39.3 Å². The maximum absolute atomic E-state index is 4.74. The summed E-state index contributed by atoms with van der Waals surface area (Å²) in [6.07, 6.45) is 10.7. The average molecular weight is 350 g/mol. The van der Waals surface area contributed by atoms with E-state index in [2.05, 4.69) is 57.4 Å². The van der Waals surface area contributed by atoms with Crippen molar-refractivity contribution in [1.29, 1.82) is 0 Å². The maximum Gasteiger partial charge on any atom is 0.0659 e. The Morgan fingerprint density at radius 1 is 0.630 bits per heavy atom. The van der Waals surface area contributed by atoms with Crippen molar-refractivity contribution in [2.45, 2.75) is 18.8 Å². The molecule has 8 bridgehead atoms. The van der Waals surface area contributed by atoms with Gasteiger partial charge >= 0.3 is 0 Å². The van der Waals surface area contributed by atoms with E-state index in [9.17, 15) is 0 Å². The van der Waals surface area contributed by atoms with Gasteiger partial charge in [-0.15, -0.1) is 0 Å². The van der Waals surface area contributed by atoms with Crippen LogP contribution in [0.4, 0.5) is 0 Å². The molecular formula is C23H18N4. The van der Waals surface area contributed by atoms with Gasteiger partial charge in [0, 0.05) is 22.1 Å². The van der Waals surface area contributed by atoms with Crippen molar-refractivity contribution in [3.05, 3.63) is 70.8 Å². The SMILES string of the molecule is C1=Cc2cc3ccc(cc4cc(C5CC5)c(cc5nc(cc1n2)C=C5)[nH]4)[nH]3. The lowest BCUT2D eigenvalue weighted by Crippen LogP contribution is -1.78. The van der Waals surface area contributed by atoms with Gasteiger partial charge in [-0.05, 0) is 91.1 Å². The molecule has 27 heavy (non-hydrogen) atoms. The first-order valence-electron chi connectivity index (χ1n) is 9.37. The Bertz CT molecular complexity index is 1280. The monoisotopic (exact) mass is 350 g/mol. The highest BCUT2D eigenvalue weighted by atomic mass is 14.8. The average Bonchev–Trinajstić information content (AvgIpc) is 3.02. The third-order valence-corrected chi connectivity index (χ3v) is 5.22. The number of hydrogen-bond acceptors (Lipinski definition) is 2. The van der Waals surface area contributed by atoms with Crippen LogP contribution in [0.1, 0.15) is 47.1 Å². The van der Waals surface area contributed by atoms with Crippen LogP contribution >= 0.6 is 0 Å². The van der Waals surface area contributed by atoms with Gasteiger partial charge in [0.2, 0.25) is 0 Å². The molecule has 0 atom stereocenters. The van der Waals surface area contributed by atoms with Crippen molar-refractivity contribution in [1.82, 2.24) is 19.9 Å². The van der Waals surface area contributed by atoms with Crippen LogP contribution < -0.4 is 0 Å². The third-order valence-electron chi connectivity index (χ3n) is 5.22. The molecule has 4 nitrogen and oxygen atoms in total. The Labute approximate surface area is 156 Å². The molecule has 4 heteroatoms. The molecule has 0 spiro atoms. The largest absolute Gasteiger partial charge is 0.355 e. The molecule has 0 amide bonds. The molecule has 0 unspecified atom stereocenters. The van der Waals surface area contributed by atoms with E-state index < -0.39 is 0 Å². The smallest absolute Gasteiger partial charge is 0.0659 e. The number of hydrogen-bond donors (Lipinski definition) is 2. The highest BCUT2D eigenvalue weighted by Crippen LogP contribution is 2.42. The lowest BCUT2D eigenvalue weighted by Gasteiger charge is -1.91. The van der Waals surface area contributed by atoms with Crippen LogP contribution in [0, 0.1) is 0 Å². The van der Waals surface area contributed by atoms with Crippen molar-refractivity contribution < 1.29 is 0 Å². The van der Waals surface area contributed by atoms with Gasteiger partial charge < -0.3 is 9.97 Å². The molecule has 2 aliphatic heterocycles. The second-order valence-corrected chi connectivity index (χ2v) is 7.40. The number of H-pyrrole nitrogens is 2. The molecule has 3 aromatic rings. The van der Waals surface area contributed by atoms with Crippen LogP contribution in [0.2, 0.25) is 0 Å². The number of rotatable bonds is 1. The Kier molecular flexibility index (Phi) is 3.03. The zero-order valence-electron chi connectivity index (χ0n) is 14.7. The normalized spacial score (nSPS) is 15.4. The molecule has 1 saturated carbocycles. The standard InChI is InChI=1S/C23H18N4/c1-2-14(1)22-12-21-11-19-6-5-17(25-19)9-15-3-4-16(24-15)10-18-7-8-20(26-18)13-23(22)27-21/h3-14,25,27H,1-2H2. The second-order valence-electron chi connectivity index (χ2n) is 7.40. The highest BCUT2D eigenvalue weighted by molar-refractivity contribution is 5.78. The molecule has 0 radical (unpaired) electrons. The fourth-order valence-electron chi connectivity index (χ4n) is 3.77. The Morgan fingerprint density at radius 2 is 1.26 bits per heavy atom. The number of aromatic nitrogens is 4. The molecule has 0 saturated heterocycles. The van der Waals surface area contributed by atoms with E-state index in [1.54, 1.807) is 0 Å². The highest BCUT2D eigenvalue weighted by Gasteiger charge is 2.25. The van der Waals surface area contributed by atoms with E-state index in [4.69, 9.17) is 4.98 Å². The van der Waals surface area contributed by atoms with Crippen LogP contribution in [-0.4, -0.2) is 19.9 Å². The van der Waals surface area contributed by atoms with Gasteiger partial charge in [-0.2, -0.15) is 0 Å². The fourth-order valence-corrected chi connectivity index (χ4v) is 3.77. The lowest BCUT2D eigenvalue weighted by atomic mass is 10.1. The van der Waals surface area contributed by atoms with E-state index in [1.807, 2.05) is 24.3 Å². The summed E-state index contributed by atoms with van der Waals surface area (Å²) < 4.78 is 0. The predicted molar refractivity (Wildman–Crippen MR) is 111 cm³/mol. The number of fused-ring (bicyclic) bond motifs is 8. The third kappa shape index (κ3) is 2.79. The van der Waals surface area contributed by atoms with E-state index in [0.29, 0.717) is 5.92 Å². The van der Waals surface area contributed by atoms with Crippen molar-refractivity contribution in [3.63, 3.8) is 0 Å². The minimum atomic E-state index is 0.678. The molecule has 130 valence electrons. The van der Waals surface area contributed by atoms with Crippen molar-refractivity contribution in [2.75, 3.05) is 0 Å². The van der Waals surface area contributed by atoms with E-state index >= 15 is 0 Å². The topological polar surface area (TPSA) is 57.4 Å². The molecule has 6 rings (SSSR count). The molecule has 3 aliphatic rings. The first kappa shape index (κ1) is 14.7. The number of aromatic amines is 2. The zero-order valence-corrected chi connectivity index (χ0v) is 14.7. The number of nitrogens with one attached hydrogen (secondary N) is 2. The molecule has 1 aliphatic carbocycles. The van der Waals surface area contributed by atoms with E-state index in [-0.39, 0.29) is 0 Å². The lowest BCUT2D eigenvalue weighted by molar-refractivity contribution is 1.16. The summed E-state index contributed by atoms with van der Waals surface area (Å²) in [6, 6.07) is 14.9. The van der Waals surface area contributed by atoms with Crippen LogP contribution in [-0.2, 0) is 0 Å². The van der Waals surface area contributed by atoms with Crippen molar-refractivity contribution in [3.8, 4) is 0 Å². The predicted octanol–water partition coefficient (Wildman–Crippen LogP) is 5.53. The summed E-state index contributed by atoms with van der Waals surface area (Å²) in [6.45, 7) is 0. The Morgan fingerprint density at radius 3 is 1.96 bits per heavy atom. The summed E-state index contributed by atoms with van der Waals surface area (Å²) in [5.41, 5.74) is 9.61. The molecule has 2 N–H and O–H groups in total. The van der Waals surface area contributed by atoms with Gasteiger partial charge in [-0.25, -0.2) is 9.97 Å². The summed E-state index contributed by atoms with van der Waals surface area (Å²) in [5, 5.41) is 0. The fraction of sp³-hybridized carbons (Fsp3) is 0.130. The first-order valence-corrected chi connectivity index (χ1v) is 9.37. The van der Waals surface area contributed by atoms with Gasteiger partial charge in [-0.1, -0.05) is 0 Å². The number of nitrogens with zero attached hydrogens (tertiary/aromatic N) is 2. The summed E-state index contributed by atoms with van der Waals surface area (Å²) in [7, 11) is 0. The van der Waals surface area contributed by atoms with Crippen LogP contribution in [0.15, 0.2) is 42.5 Å². The second kappa shape index (κ2) is 5.55. The minimum absolute atomic E-state index is 0.678. The van der Waals surface area contributed by atoms with Gasteiger partial charge in [-0.3, -0.25) is 0 Å². The van der Waals surface area contributed by atoms with Gasteiger partial charge in [0.15, 0.2) is 0 Å². The molecule has 3 aromatic heterocycles. The summed E-state index contributed by atoms with van der Waals surface area (Å²) in [4.78, 5) is 16.4. The summed E-state index contributed by atoms with van der Waals surface area (Å²) >= 11 is 0. The Balaban J connectivity index is 1.68. The molecular weight excluding hydrogens is 332 g/mol. The zero-order chi connectivity index (χ0) is 17.8. The summed E-state index contributed by atoms with van der Waals surface area (Å²) in [5.74, 6) is 0.678. The molecule has 0 aromatic carbocycles. The van der Waals surface area contributed by atoms with Gasteiger partial charge in [0.1, 0.15) is 0 Å². The first-order chi connectivity index (χ1) is 13.3. The van der Waals surface area contributed by atoms with Crippen LogP contribution in [0.3, 0.4) is 0 Å². The molecule has 1 fully saturated rings. The minimum Gasteiger partial charge on any atom is -0.355 e.